The number of halogens is 1. The van der Waals surface area contributed by atoms with Gasteiger partial charge in [0, 0.05) is 30.6 Å². The fourth-order valence-electron chi connectivity index (χ4n) is 4.08. The predicted molar refractivity (Wildman–Crippen MR) is 127 cm³/mol. The minimum Gasteiger partial charge on any atom is -0.497 e. The van der Waals surface area contributed by atoms with Gasteiger partial charge in [-0.1, -0.05) is 6.42 Å². The van der Waals surface area contributed by atoms with Crippen LogP contribution in [0.4, 0.5) is 0 Å². The zero-order chi connectivity index (χ0) is 19.8. The van der Waals surface area contributed by atoms with Gasteiger partial charge in [-0.15, -0.1) is 24.0 Å². The molecule has 164 valence electrons. The third kappa shape index (κ3) is 7.20. The Balaban J connectivity index is 0.00000300. The van der Waals surface area contributed by atoms with Crippen LogP contribution in [0.15, 0.2) is 23.2 Å². The molecule has 7 heteroatoms. The third-order valence-corrected chi connectivity index (χ3v) is 5.77. The number of guanidine groups is 1. The first-order valence-electron chi connectivity index (χ1n) is 10.7. The molecule has 2 fully saturated rings. The molecule has 2 atom stereocenters. The fraction of sp³-hybridized carbons (Fsp3) is 0.682. The number of nitrogens with zero attached hydrogens (tertiary/aromatic N) is 1. The van der Waals surface area contributed by atoms with Gasteiger partial charge in [-0.2, -0.15) is 0 Å². The predicted octanol–water partition coefficient (Wildman–Crippen LogP) is 3.85. The summed E-state index contributed by atoms with van der Waals surface area (Å²) >= 11 is 0. The van der Waals surface area contributed by atoms with Gasteiger partial charge in [0.1, 0.15) is 11.5 Å². The quantitative estimate of drug-likeness (QED) is 0.278. The van der Waals surface area contributed by atoms with Crippen LogP contribution >= 0.6 is 24.0 Å². The van der Waals surface area contributed by atoms with E-state index in [9.17, 15) is 5.11 Å². The highest BCUT2D eigenvalue weighted by atomic mass is 127. The topological polar surface area (TPSA) is 75.1 Å². The summed E-state index contributed by atoms with van der Waals surface area (Å²) in [4.78, 5) is 4.75. The summed E-state index contributed by atoms with van der Waals surface area (Å²) in [5.74, 6) is 2.77. The lowest BCUT2D eigenvalue weighted by Crippen LogP contribution is -2.41. The van der Waals surface area contributed by atoms with E-state index >= 15 is 0 Å². The number of rotatable bonds is 8. The van der Waals surface area contributed by atoms with Crippen LogP contribution in [0.2, 0.25) is 0 Å². The number of hydrogen-bond acceptors (Lipinski definition) is 4. The Kier molecular flexibility index (Phi) is 10.3. The first kappa shape index (κ1) is 24.1. The van der Waals surface area contributed by atoms with Crippen LogP contribution in [-0.4, -0.2) is 43.5 Å². The number of nitrogens with one attached hydrogen (secondary N) is 2. The number of ether oxygens (including phenoxy) is 2. The molecular formula is C22H36IN3O3. The summed E-state index contributed by atoms with van der Waals surface area (Å²) in [6.45, 7) is 4.15. The first-order valence-corrected chi connectivity index (χ1v) is 10.7. The van der Waals surface area contributed by atoms with E-state index in [1.165, 1.54) is 12.8 Å². The van der Waals surface area contributed by atoms with Crippen molar-refractivity contribution in [2.24, 2.45) is 10.9 Å². The molecule has 1 aromatic rings. The van der Waals surface area contributed by atoms with Gasteiger partial charge < -0.3 is 25.2 Å². The molecule has 2 saturated carbocycles. The second-order valence-electron chi connectivity index (χ2n) is 7.83. The molecule has 2 unspecified atom stereocenters. The molecule has 3 rings (SSSR count). The van der Waals surface area contributed by atoms with Gasteiger partial charge in [-0.3, -0.25) is 0 Å². The number of aliphatic hydroxyl groups is 1. The van der Waals surface area contributed by atoms with E-state index in [4.69, 9.17) is 14.5 Å². The minimum absolute atomic E-state index is 0. The second-order valence-corrected chi connectivity index (χ2v) is 7.83. The first-order chi connectivity index (χ1) is 13.7. The maximum absolute atomic E-state index is 10.0. The van der Waals surface area contributed by atoms with Gasteiger partial charge in [-0.25, -0.2) is 4.99 Å². The molecule has 3 N–H and O–H groups in total. The number of benzene rings is 1. The molecule has 0 aromatic heterocycles. The summed E-state index contributed by atoms with van der Waals surface area (Å²) in [6.07, 6.45) is 7.91. The molecule has 0 saturated heterocycles. The zero-order valence-corrected chi connectivity index (χ0v) is 20.0. The van der Waals surface area contributed by atoms with E-state index < -0.39 is 0 Å². The van der Waals surface area contributed by atoms with E-state index in [1.807, 2.05) is 18.2 Å². The highest BCUT2D eigenvalue weighted by Gasteiger charge is 2.25. The molecule has 1 aromatic carbocycles. The number of aliphatic hydroxyl groups excluding tert-OH is 1. The van der Waals surface area contributed by atoms with Crippen LogP contribution < -0.4 is 20.1 Å². The van der Waals surface area contributed by atoms with Gasteiger partial charge in [0.25, 0.3) is 0 Å². The van der Waals surface area contributed by atoms with E-state index in [2.05, 4.69) is 17.6 Å². The molecule has 0 aliphatic heterocycles. The Hall–Kier alpha value is -1.22. The Morgan fingerprint density at radius 1 is 1.14 bits per heavy atom. The normalized spacial score (nSPS) is 22.2. The van der Waals surface area contributed by atoms with Crippen LogP contribution in [0.3, 0.4) is 0 Å². The van der Waals surface area contributed by atoms with Gasteiger partial charge in [0.05, 0.1) is 25.9 Å². The maximum atomic E-state index is 10.0. The Labute approximate surface area is 191 Å². The largest absolute Gasteiger partial charge is 0.497 e. The molecule has 0 spiro atoms. The number of hydrogen-bond donors (Lipinski definition) is 3. The van der Waals surface area contributed by atoms with Crippen molar-refractivity contribution >= 4 is 29.9 Å². The smallest absolute Gasteiger partial charge is 0.191 e. The molecule has 29 heavy (non-hydrogen) atoms. The lowest BCUT2D eigenvalue weighted by atomic mass is 10.1. The van der Waals surface area contributed by atoms with Gasteiger partial charge in [0.15, 0.2) is 5.96 Å². The monoisotopic (exact) mass is 517 g/mol. The standard InChI is InChI=1S/C22H35N3O3.HI/c1-3-23-22(24-14-16-7-6-10-20(16)26)25-15-17-11-12-19(27-2)13-21(17)28-18-8-4-5-9-18;/h11-13,16,18,20,26H,3-10,14-15H2,1-2H3,(H2,23,24,25);1H. The molecule has 0 heterocycles. The molecule has 0 amide bonds. The summed E-state index contributed by atoms with van der Waals surface area (Å²) < 4.78 is 11.7. The second kappa shape index (κ2) is 12.5. The van der Waals surface area contributed by atoms with Crippen molar-refractivity contribution in [3.63, 3.8) is 0 Å². The van der Waals surface area contributed by atoms with E-state index in [0.29, 0.717) is 18.6 Å². The van der Waals surface area contributed by atoms with Crippen LogP contribution in [-0.2, 0) is 6.54 Å². The maximum Gasteiger partial charge on any atom is 0.191 e. The minimum atomic E-state index is -0.191. The van der Waals surface area contributed by atoms with Crippen LogP contribution in [0.25, 0.3) is 0 Å². The fourth-order valence-corrected chi connectivity index (χ4v) is 4.08. The van der Waals surface area contributed by atoms with Gasteiger partial charge >= 0.3 is 0 Å². The van der Waals surface area contributed by atoms with Gasteiger partial charge in [-0.05, 0) is 57.6 Å². The summed E-state index contributed by atoms with van der Waals surface area (Å²) in [6, 6.07) is 5.97. The lowest BCUT2D eigenvalue weighted by Gasteiger charge is -2.19. The van der Waals surface area contributed by atoms with Crippen LogP contribution in [0.1, 0.15) is 57.4 Å². The number of methoxy groups -OCH3 is 1. The number of aliphatic imine (C=N–C) groups is 1. The van der Waals surface area contributed by atoms with Gasteiger partial charge in [0.2, 0.25) is 0 Å². The molecule has 6 nitrogen and oxygen atoms in total. The average Bonchev–Trinajstić information content (AvgIpc) is 3.36. The molecular weight excluding hydrogens is 481 g/mol. The van der Waals surface area contributed by atoms with E-state index in [-0.39, 0.29) is 30.1 Å². The van der Waals surface area contributed by atoms with Crippen LogP contribution in [0.5, 0.6) is 11.5 Å². The Bertz CT molecular complexity index is 650. The van der Waals surface area contributed by atoms with Crippen molar-refractivity contribution in [2.75, 3.05) is 20.2 Å². The van der Waals surface area contributed by atoms with Crippen molar-refractivity contribution in [1.29, 1.82) is 0 Å². The van der Waals surface area contributed by atoms with Crippen molar-refractivity contribution in [1.82, 2.24) is 10.6 Å². The Morgan fingerprint density at radius 2 is 1.93 bits per heavy atom. The SMILES string of the molecule is CCNC(=NCc1ccc(OC)cc1OC1CCCC1)NCC1CCCC1O.I. The summed E-state index contributed by atoms with van der Waals surface area (Å²) in [5.41, 5.74) is 1.06. The molecule has 2 aliphatic rings. The van der Waals surface area contributed by atoms with Crippen molar-refractivity contribution in [3.8, 4) is 11.5 Å². The molecule has 0 radical (unpaired) electrons. The van der Waals surface area contributed by atoms with Crippen LogP contribution in [0, 0.1) is 5.92 Å². The molecule has 0 bridgehead atoms. The highest BCUT2D eigenvalue weighted by molar-refractivity contribution is 14.0. The average molecular weight is 517 g/mol. The summed E-state index contributed by atoms with van der Waals surface area (Å²) in [5, 5.41) is 16.7. The summed E-state index contributed by atoms with van der Waals surface area (Å²) in [7, 11) is 1.68. The highest BCUT2D eigenvalue weighted by Crippen LogP contribution is 2.30. The lowest BCUT2D eigenvalue weighted by molar-refractivity contribution is 0.134. The van der Waals surface area contributed by atoms with Crippen molar-refractivity contribution in [3.05, 3.63) is 23.8 Å². The van der Waals surface area contributed by atoms with Crippen molar-refractivity contribution in [2.45, 2.75) is 70.6 Å². The van der Waals surface area contributed by atoms with Crippen molar-refractivity contribution < 1.29 is 14.6 Å². The molecule has 2 aliphatic carbocycles. The Morgan fingerprint density at radius 3 is 2.59 bits per heavy atom. The van der Waals surface area contributed by atoms with E-state index in [1.54, 1.807) is 7.11 Å². The zero-order valence-electron chi connectivity index (χ0n) is 17.7. The third-order valence-electron chi connectivity index (χ3n) is 5.77. The van der Waals surface area contributed by atoms with E-state index in [0.717, 1.165) is 68.2 Å².